The van der Waals surface area contributed by atoms with Crippen LogP contribution >= 0.6 is 23.6 Å². The molecule has 0 aliphatic heterocycles. The molecule has 3 rings (SSSR count). The smallest absolute Gasteiger partial charge is 0.253 e. The monoisotopic (exact) mass is 415 g/mol. The lowest BCUT2D eigenvalue weighted by Crippen LogP contribution is -2.40. The van der Waals surface area contributed by atoms with E-state index in [1.807, 2.05) is 41.5 Å². The number of hydrogen-bond acceptors (Lipinski definition) is 4. The summed E-state index contributed by atoms with van der Waals surface area (Å²) in [5, 5.41) is 7.01. The summed E-state index contributed by atoms with van der Waals surface area (Å²) in [6.45, 7) is 4.59. The highest BCUT2D eigenvalue weighted by Gasteiger charge is 2.14. The molecule has 0 saturated heterocycles. The molecular weight excluding hydrogens is 390 g/mol. The molecule has 148 valence electrons. The van der Waals surface area contributed by atoms with Crippen molar-refractivity contribution < 1.29 is 4.74 Å². The molecule has 7 heteroatoms. The van der Waals surface area contributed by atoms with Crippen molar-refractivity contribution in [2.75, 3.05) is 20.3 Å². The van der Waals surface area contributed by atoms with Gasteiger partial charge in [-0.3, -0.25) is 4.79 Å². The molecule has 0 saturated carbocycles. The number of thiocarbonyl (C=S) groups is 1. The van der Waals surface area contributed by atoms with E-state index >= 15 is 0 Å². The SMILES string of the molecule is COCCCNC(=S)N(Cc1cccs1)Cc1cc2cc(C)ccc2[nH]c1=O. The van der Waals surface area contributed by atoms with E-state index in [0.29, 0.717) is 30.4 Å². The fraction of sp³-hybridized carbons (Fsp3) is 0.333. The molecule has 0 radical (unpaired) electrons. The summed E-state index contributed by atoms with van der Waals surface area (Å²) in [5.74, 6) is 0. The predicted molar refractivity (Wildman–Crippen MR) is 120 cm³/mol. The largest absolute Gasteiger partial charge is 0.385 e. The van der Waals surface area contributed by atoms with Gasteiger partial charge in [-0.2, -0.15) is 0 Å². The summed E-state index contributed by atoms with van der Waals surface area (Å²) < 4.78 is 5.09. The van der Waals surface area contributed by atoms with Gasteiger partial charge in [-0.1, -0.05) is 17.7 Å². The topological polar surface area (TPSA) is 57.4 Å². The Hall–Kier alpha value is -2.22. The molecule has 1 aromatic carbocycles. The van der Waals surface area contributed by atoms with Crippen molar-refractivity contribution in [1.82, 2.24) is 15.2 Å². The number of benzene rings is 1. The van der Waals surface area contributed by atoms with Crippen LogP contribution in [0.5, 0.6) is 0 Å². The minimum Gasteiger partial charge on any atom is -0.385 e. The number of aryl methyl sites for hydroxylation is 1. The number of aromatic nitrogens is 1. The molecule has 0 atom stereocenters. The van der Waals surface area contributed by atoms with E-state index in [1.165, 1.54) is 4.88 Å². The molecule has 0 fully saturated rings. The lowest BCUT2D eigenvalue weighted by molar-refractivity contribution is 0.195. The Labute approximate surface area is 174 Å². The van der Waals surface area contributed by atoms with Crippen LogP contribution in [0.1, 0.15) is 22.4 Å². The molecule has 0 spiro atoms. The standard InChI is InChI=1S/C21H25N3O2S2/c1-15-6-7-19-16(11-15)12-17(20(25)23-19)13-24(14-18-5-3-10-28-18)21(27)22-8-4-9-26-2/h3,5-7,10-12H,4,8-9,13-14H2,1-2H3,(H,22,27)(H,23,25). The Bertz CT molecular complexity index is 983. The highest BCUT2D eigenvalue weighted by Crippen LogP contribution is 2.17. The fourth-order valence-corrected chi connectivity index (χ4v) is 3.96. The van der Waals surface area contributed by atoms with E-state index in [0.717, 1.165) is 29.4 Å². The summed E-state index contributed by atoms with van der Waals surface area (Å²) in [6, 6.07) is 12.1. The minimum absolute atomic E-state index is 0.0743. The molecule has 2 heterocycles. The van der Waals surface area contributed by atoms with Crippen molar-refractivity contribution in [3.05, 3.63) is 68.1 Å². The first-order valence-electron chi connectivity index (χ1n) is 9.23. The molecule has 0 bridgehead atoms. The molecule has 0 amide bonds. The maximum atomic E-state index is 12.6. The van der Waals surface area contributed by atoms with Gasteiger partial charge in [-0.05, 0) is 60.6 Å². The quantitative estimate of drug-likeness (QED) is 0.433. The second-order valence-electron chi connectivity index (χ2n) is 6.73. The number of rotatable bonds is 8. The summed E-state index contributed by atoms with van der Waals surface area (Å²) >= 11 is 7.31. The second kappa shape index (κ2) is 9.82. The third-order valence-electron chi connectivity index (χ3n) is 4.45. The number of hydrogen-bond donors (Lipinski definition) is 2. The lowest BCUT2D eigenvalue weighted by Gasteiger charge is -2.25. The van der Waals surface area contributed by atoms with Gasteiger partial charge in [0.2, 0.25) is 0 Å². The first-order chi connectivity index (χ1) is 13.6. The van der Waals surface area contributed by atoms with E-state index in [4.69, 9.17) is 17.0 Å². The Morgan fingerprint density at radius 3 is 2.89 bits per heavy atom. The maximum absolute atomic E-state index is 12.6. The zero-order valence-electron chi connectivity index (χ0n) is 16.2. The molecule has 0 aliphatic rings. The van der Waals surface area contributed by atoms with E-state index < -0.39 is 0 Å². The summed E-state index contributed by atoms with van der Waals surface area (Å²) in [5.41, 5.74) is 2.64. The van der Waals surface area contributed by atoms with Crippen LogP contribution in [0.15, 0.2) is 46.6 Å². The number of ether oxygens (including phenoxy) is 1. The van der Waals surface area contributed by atoms with Gasteiger partial charge in [-0.15, -0.1) is 11.3 Å². The average molecular weight is 416 g/mol. The van der Waals surface area contributed by atoms with Crippen molar-refractivity contribution in [3.8, 4) is 0 Å². The maximum Gasteiger partial charge on any atom is 0.253 e. The first-order valence-corrected chi connectivity index (χ1v) is 10.5. The number of nitrogens with one attached hydrogen (secondary N) is 2. The first kappa shape index (κ1) is 20.5. The van der Waals surface area contributed by atoms with E-state index in [2.05, 4.69) is 22.4 Å². The summed E-state index contributed by atoms with van der Waals surface area (Å²) in [4.78, 5) is 18.9. The van der Waals surface area contributed by atoms with Gasteiger partial charge in [0.15, 0.2) is 5.11 Å². The third-order valence-corrected chi connectivity index (χ3v) is 5.72. The molecule has 2 aromatic heterocycles. The molecule has 3 aromatic rings. The number of fused-ring (bicyclic) bond motifs is 1. The Morgan fingerprint density at radius 2 is 2.14 bits per heavy atom. The van der Waals surface area contributed by atoms with Crippen molar-refractivity contribution in [2.24, 2.45) is 0 Å². The van der Waals surface area contributed by atoms with Crippen LogP contribution in [0, 0.1) is 6.92 Å². The summed E-state index contributed by atoms with van der Waals surface area (Å²) in [7, 11) is 1.69. The average Bonchev–Trinajstić information content (AvgIpc) is 3.18. The highest BCUT2D eigenvalue weighted by molar-refractivity contribution is 7.80. The Balaban J connectivity index is 1.81. The molecule has 5 nitrogen and oxygen atoms in total. The second-order valence-corrected chi connectivity index (χ2v) is 8.15. The number of pyridine rings is 1. The zero-order valence-corrected chi connectivity index (χ0v) is 17.8. The predicted octanol–water partition coefficient (Wildman–Crippen LogP) is 3.81. The normalized spacial score (nSPS) is 10.9. The van der Waals surface area contributed by atoms with Gasteiger partial charge in [0, 0.05) is 36.2 Å². The van der Waals surface area contributed by atoms with Crippen LogP contribution in [-0.4, -0.2) is 35.3 Å². The molecule has 28 heavy (non-hydrogen) atoms. The van der Waals surface area contributed by atoms with Gasteiger partial charge in [-0.25, -0.2) is 0 Å². The van der Waals surface area contributed by atoms with Crippen molar-refractivity contribution >= 4 is 39.6 Å². The number of aromatic amines is 1. The third kappa shape index (κ3) is 5.41. The van der Waals surface area contributed by atoms with Crippen molar-refractivity contribution in [2.45, 2.75) is 26.4 Å². The minimum atomic E-state index is -0.0743. The summed E-state index contributed by atoms with van der Waals surface area (Å²) in [6.07, 6.45) is 0.874. The van der Waals surface area contributed by atoms with Gasteiger partial charge in [0.25, 0.3) is 5.56 Å². The molecular formula is C21H25N3O2S2. The molecule has 0 aliphatic carbocycles. The Kier molecular flexibility index (Phi) is 7.19. The van der Waals surface area contributed by atoms with Gasteiger partial charge in [0.05, 0.1) is 13.1 Å². The molecule has 0 unspecified atom stereocenters. The van der Waals surface area contributed by atoms with Crippen LogP contribution in [0.4, 0.5) is 0 Å². The van der Waals surface area contributed by atoms with E-state index in [-0.39, 0.29) is 5.56 Å². The van der Waals surface area contributed by atoms with Crippen LogP contribution < -0.4 is 10.9 Å². The Morgan fingerprint density at radius 1 is 1.29 bits per heavy atom. The number of methoxy groups -OCH3 is 1. The van der Waals surface area contributed by atoms with Crippen LogP contribution in [0.25, 0.3) is 10.9 Å². The highest BCUT2D eigenvalue weighted by atomic mass is 32.1. The van der Waals surface area contributed by atoms with Crippen LogP contribution in [0.3, 0.4) is 0 Å². The number of nitrogens with zero attached hydrogens (tertiary/aromatic N) is 1. The van der Waals surface area contributed by atoms with Crippen molar-refractivity contribution in [3.63, 3.8) is 0 Å². The molecule has 2 N–H and O–H groups in total. The fourth-order valence-electron chi connectivity index (χ4n) is 3.01. The zero-order chi connectivity index (χ0) is 19.9. The van der Waals surface area contributed by atoms with Gasteiger partial charge in [0.1, 0.15) is 0 Å². The van der Waals surface area contributed by atoms with Crippen LogP contribution in [-0.2, 0) is 17.8 Å². The number of thiophene rings is 1. The lowest BCUT2D eigenvalue weighted by atomic mass is 10.1. The number of H-pyrrole nitrogens is 1. The van der Waals surface area contributed by atoms with Crippen LogP contribution in [0.2, 0.25) is 0 Å². The van der Waals surface area contributed by atoms with Gasteiger partial charge < -0.3 is 19.9 Å². The van der Waals surface area contributed by atoms with Gasteiger partial charge >= 0.3 is 0 Å². The van der Waals surface area contributed by atoms with E-state index in [1.54, 1.807) is 18.4 Å². The van der Waals surface area contributed by atoms with Crippen molar-refractivity contribution in [1.29, 1.82) is 0 Å². The van der Waals surface area contributed by atoms with E-state index in [9.17, 15) is 4.79 Å².